The van der Waals surface area contributed by atoms with Gasteiger partial charge < -0.3 is 9.88 Å². The van der Waals surface area contributed by atoms with E-state index in [1.165, 1.54) is 33.8 Å². The van der Waals surface area contributed by atoms with Crippen molar-refractivity contribution in [1.82, 2.24) is 23.7 Å². The first kappa shape index (κ1) is 18.8. The third-order valence-electron chi connectivity index (χ3n) is 4.60. The Morgan fingerprint density at radius 3 is 2.62 bits per heavy atom. The summed E-state index contributed by atoms with van der Waals surface area (Å²) in [5, 5.41) is 4.90. The van der Waals surface area contributed by atoms with Crippen LogP contribution in [-0.2, 0) is 25.4 Å². The predicted octanol–water partition coefficient (Wildman–Crippen LogP) is 1.50. The fraction of sp³-hybridized carbons (Fsp3) is 0.211. The first-order chi connectivity index (χ1) is 13.8. The first-order valence-corrected chi connectivity index (χ1v) is 9.66. The zero-order valence-corrected chi connectivity index (χ0v) is 16.9. The molecule has 148 valence electrons. The second kappa shape index (κ2) is 7.13. The number of nitrogens with one attached hydrogen (secondary N) is 1. The van der Waals surface area contributed by atoms with E-state index in [4.69, 9.17) is 0 Å². The number of thiazole rings is 1. The van der Waals surface area contributed by atoms with Crippen LogP contribution in [0.5, 0.6) is 0 Å². The molecule has 0 saturated heterocycles. The number of hydrogen-bond donors (Lipinski definition) is 1. The third kappa shape index (κ3) is 3.38. The molecule has 1 N–H and O–H groups in total. The number of imidazole rings is 1. The summed E-state index contributed by atoms with van der Waals surface area (Å²) in [6, 6.07) is 7.90. The van der Waals surface area contributed by atoms with Gasteiger partial charge in [-0.1, -0.05) is 29.8 Å². The standard InChI is InChI=1S/C19H18N6O3S/c1-11-4-6-12(7-5-11)13-9-29-18(21-13)22-14(26)8-25-17(27)15-16(20-10-23(15)2)24(3)19(25)28/h4-7,9-10H,8H2,1-3H3,(H,21,22,26). The number of carbonyl (C=O) groups is 1. The van der Waals surface area contributed by atoms with Crippen LogP contribution in [0.2, 0.25) is 0 Å². The van der Waals surface area contributed by atoms with Crippen LogP contribution in [0.25, 0.3) is 22.4 Å². The fourth-order valence-electron chi connectivity index (χ4n) is 3.03. The summed E-state index contributed by atoms with van der Waals surface area (Å²) in [7, 11) is 3.17. The van der Waals surface area contributed by atoms with E-state index in [9.17, 15) is 14.4 Å². The van der Waals surface area contributed by atoms with Crippen molar-refractivity contribution in [3.8, 4) is 11.3 Å². The van der Waals surface area contributed by atoms with Crippen LogP contribution >= 0.6 is 11.3 Å². The lowest BCUT2D eigenvalue weighted by Crippen LogP contribution is -2.42. The molecule has 1 aromatic carbocycles. The quantitative estimate of drug-likeness (QED) is 0.549. The molecular formula is C19H18N6O3S. The SMILES string of the molecule is Cc1ccc(-c2csc(NC(=O)Cn3c(=O)c4c(ncn4C)n(C)c3=O)n2)cc1. The lowest BCUT2D eigenvalue weighted by atomic mass is 10.1. The van der Waals surface area contributed by atoms with Crippen molar-refractivity contribution < 1.29 is 4.79 Å². The molecule has 0 unspecified atom stereocenters. The molecule has 0 atom stereocenters. The molecule has 0 fully saturated rings. The maximum absolute atomic E-state index is 12.7. The molecule has 0 aliphatic carbocycles. The van der Waals surface area contributed by atoms with Gasteiger partial charge in [-0.2, -0.15) is 0 Å². The summed E-state index contributed by atoms with van der Waals surface area (Å²) in [4.78, 5) is 46.1. The van der Waals surface area contributed by atoms with Gasteiger partial charge in [0.25, 0.3) is 5.56 Å². The summed E-state index contributed by atoms with van der Waals surface area (Å²) in [5.74, 6) is -0.504. The molecule has 10 heteroatoms. The molecule has 0 radical (unpaired) electrons. The molecule has 0 spiro atoms. The van der Waals surface area contributed by atoms with E-state index < -0.39 is 23.7 Å². The number of aromatic nitrogens is 5. The third-order valence-corrected chi connectivity index (χ3v) is 5.36. The molecule has 4 rings (SSSR count). The highest BCUT2D eigenvalue weighted by molar-refractivity contribution is 7.14. The van der Waals surface area contributed by atoms with Crippen molar-refractivity contribution in [3.05, 3.63) is 62.4 Å². The number of amides is 1. The molecule has 3 aromatic heterocycles. The summed E-state index contributed by atoms with van der Waals surface area (Å²) in [5.41, 5.74) is 2.22. The van der Waals surface area contributed by atoms with Gasteiger partial charge in [0.2, 0.25) is 5.91 Å². The Morgan fingerprint density at radius 2 is 1.90 bits per heavy atom. The second-order valence-corrected chi connectivity index (χ2v) is 7.57. The predicted molar refractivity (Wildman–Crippen MR) is 111 cm³/mol. The number of carbonyl (C=O) groups excluding carboxylic acids is 1. The minimum atomic E-state index is -0.601. The van der Waals surface area contributed by atoms with Crippen LogP contribution in [0.4, 0.5) is 5.13 Å². The van der Waals surface area contributed by atoms with E-state index in [0.29, 0.717) is 5.13 Å². The van der Waals surface area contributed by atoms with E-state index in [-0.39, 0.29) is 11.2 Å². The number of anilines is 1. The zero-order valence-electron chi connectivity index (χ0n) is 16.0. The fourth-order valence-corrected chi connectivity index (χ4v) is 3.76. The van der Waals surface area contributed by atoms with Crippen molar-refractivity contribution >= 4 is 33.5 Å². The average molecular weight is 410 g/mol. The highest BCUT2D eigenvalue weighted by Gasteiger charge is 2.17. The highest BCUT2D eigenvalue weighted by atomic mass is 32.1. The monoisotopic (exact) mass is 410 g/mol. The van der Waals surface area contributed by atoms with Crippen LogP contribution < -0.4 is 16.6 Å². The van der Waals surface area contributed by atoms with E-state index in [0.717, 1.165) is 21.4 Å². The van der Waals surface area contributed by atoms with E-state index in [1.807, 2.05) is 36.6 Å². The van der Waals surface area contributed by atoms with Crippen LogP contribution in [0.15, 0.2) is 45.6 Å². The molecular weight excluding hydrogens is 392 g/mol. The number of benzene rings is 1. The average Bonchev–Trinajstić information content (AvgIpc) is 3.31. The van der Waals surface area contributed by atoms with Crippen LogP contribution in [0, 0.1) is 6.92 Å². The van der Waals surface area contributed by atoms with Gasteiger partial charge in [-0.3, -0.25) is 14.2 Å². The van der Waals surface area contributed by atoms with Gasteiger partial charge in [0.15, 0.2) is 16.3 Å². The zero-order chi connectivity index (χ0) is 20.7. The van der Waals surface area contributed by atoms with E-state index in [2.05, 4.69) is 15.3 Å². The van der Waals surface area contributed by atoms with Gasteiger partial charge in [0.05, 0.1) is 12.0 Å². The van der Waals surface area contributed by atoms with Crippen molar-refractivity contribution in [1.29, 1.82) is 0 Å². The maximum atomic E-state index is 12.7. The second-order valence-electron chi connectivity index (χ2n) is 6.71. The van der Waals surface area contributed by atoms with Gasteiger partial charge in [-0.15, -0.1) is 11.3 Å². The Balaban J connectivity index is 1.58. The van der Waals surface area contributed by atoms with E-state index in [1.54, 1.807) is 7.05 Å². The molecule has 3 heterocycles. The Hall–Kier alpha value is -3.53. The Kier molecular flexibility index (Phi) is 4.63. The lowest BCUT2D eigenvalue weighted by molar-refractivity contribution is -0.116. The Morgan fingerprint density at radius 1 is 1.17 bits per heavy atom. The van der Waals surface area contributed by atoms with Gasteiger partial charge in [-0.25, -0.2) is 19.3 Å². The summed E-state index contributed by atoms with van der Waals surface area (Å²) < 4.78 is 3.68. The number of fused-ring (bicyclic) bond motifs is 1. The molecule has 0 bridgehead atoms. The highest BCUT2D eigenvalue weighted by Crippen LogP contribution is 2.25. The molecule has 9 nitrogen and oxygen atoms in total. The smallest absolute Gasteiger partial charge is 0.328 e. The van der Waals surface area contributed by atoms with Crippen molar-refractivity contribution in [2.45, 2.75) is 13.5 Å². The Bertz CT molecular complexity index is 1340. The normalized spacial score (nSPS) is 11.1. The lowest BCUT2D eigenvalue weighted by Gasteiger charge is -2.08. The molecule has 4 aromatic rings. The van der Waals surface area contributed by atoms with Gasteiger partial charge >= 0.3 is 5.69 Å². The van der Waals surface area contributed by atoms with Crippen molar-refractivity contribution in [2.75, 3.05) is 5.32 Å². The Labute approximate surface area is 168 Å². The number of nitrogens with zero attached hydrogens (tertiary/aromatic N) is 5. The number of hydrogen-bond acceptors (Lipinski definition) is 6. The van der Waals surface area contributed by atoms with Gasteiger partial charge in [0, 0.05) is 25.0 Å². The van der Waals surface area contributed by atoms with Crippen LogP contribution in [0.1, 0.15) is 5.56 Å². The topological polar surface area (TPSA) is 104 Å². The van der Waals surface area contributed by atoms with Gasteiger partial charge in [-0.05, 0) is 6.92 Å². The minimum absolute atomic E-state index is 0.260. The largest absolute Gasteiger partial charge is 0.332 e. The summed E-state index contributed by atoms with van der Waals surface area (Å²) in [6.45, 7) is 1.59. The molecule has 1 amide bonds. The van der Waals surface area contributed by atoms with Crippen LogP contribution in [-0.4, -0.2) is 29.6 Å². The number of aryl methyl sites for hydroxylation is 3. The van der Waals surface area contributed by atoms with Gasteiger partial charge in [0.1, 0.15) is 6.54 Å². The molecule has 0 aliphatic rings. The first-order valence-electron chi connectivity index (χ1n) is 8.78. The molecule has 29 heavy (non-hydrogen) atoms. The maximum Gasteiger partial charge on any atom is 0.332 e. The minimum Gasteiger partial charge on any atom is -0.328 e. The number of rotatable bonds is 4. The van der Waals surface area contributed by atoms with E-state index >= 15 is 0 Å². The molecule has 0 saturated carbocycles. The molecule has 0 aliphatic heterocycles. The summed E-state index contributed by atoms with van der Waals surface area (Å²) in [6.07, 6.45) is 1.46. The van der Waals surface area contributed by atoms with Crippen molar-refractivity contribution in [3.63, 3.8) is 0 Å². The van der Waals surface area contributed by atoms with Crippen LogP contribution in [0.3, 0.4) is 0 Å². The summed E-state index contributed by atoms with van der Waals surface area (Å²) >= 11 is 1.28. The van der Waals surface area contributed by atoms with Crippen molar-refractivity contribution in [2.24, 2.45) is 14.1 Å².